The third-order valence-corrected chi connectivity index (χ3v) is 7.04. The molecule has 2 aromatic rings. The van der Waals surface area contributed by atoms with E-state index in [9.17, 15) is 14.7 Å². The highest BCUT2D eigenvalue weighted by Gasteiger charge is 2.53. The van der Waals surface area contributed by atoms with E-state index in [0.29, 0.717) is 17.4 Å². The number of rotatable bonds is 5. The summed E-state index contributed by atoms with van der Waals surface area (Å²) in [6.07, 6.45) is 2.94. The molecule has 33 heavy (non-hydrogen) atoms. The van der Waals surface area contributed by atoms with Gasteiger partial charge in [0.05, 0.1) is 25.6 Å². The van der Waals surface area contributed by atoms with Gasteiger partial charge in [0.15, 0.2) is 0 Å². The summed E-state index contributed by atoms with van der Waals surface area (Å²) in [4.78, 5) is 28.2. The van der Waals surface area contributed by atoms with E-state index in [0.717, 1.165) is 24.2 Å². The zero-order chi connectivity index (χ0) is 23.8. The first-order valence-corrected chi connectivity index (χ1v) is 11.3. The number of nitrogens with zero attached hydrogens (tertiary/aromatic N) is 1. The SMILES string of the molecule is COc1ccc(N2C(=O)Nc3ccccc3[C@@]2(O)C(=O)N[C@H]2CCC[C@@H](C)[C@@H]2C)c(OC)c1. The van der Waals surface area contributed by atoms with Crippen LogP contribution in [-0.4, -0.2) is 37.3 Å². The van der Waals surface area contributed by atoms with Gasteiger partial charge in [0.25, 0.3) is 11.6 Å². The monoisotopic (exact) mass is 453 g/mol. The van der Waals surface area contributed by atoms with Crippen molar-refractivity contribution in [2.45, 2.75) is 44.9 Å². The van der Waals surface area contributed by atoms with Gasteiger partial charge in [-0.2, -0.15) is 0 Å². The maximum absolute atomic E-state index is 13.8. The number of nitrogens with one attached hydrogen (secondary N) is 2. The second kappa shape index (κ2) is 8.94. The molecule has 176 valence electrons. The van der Waals surface area contributed by atoms with Crippen LogP contribution in [0.15, 0.2) is 42.5 Å². The maximum Gasteiger partial charge on any atom is 0.329 e. The number of anilines is 2. The van der Waals surface area contributed by atoms with Crippen molar-refractivity contribution in [3.63, 3.8) is 0 Å². The van der Waals surface area contributed by atoms with E-state index in [1.54, 1.807) is 42.5 Å². The minimum Gasteiger partial charge on any atom is -0.497 e. The van der Waals surface area contributed by atoms with Gasteiger partial charge in [0, 0.05) is 17.7 Å². The molecule has 0 radical (unpaired) electrons. The number of benzene rings is 2. The molecule has 1 fully saturated rings. The molecule has 4 atom stereocenters. The van der Waals surface area contributed by atoms with Crippen LogP contribution >= 0.6 is 0 Å². The van der Waals surface area contributed by atoms with Gasteiger partial charge in [-0.3, -0.25) is 4.79 Å². The number of hydrogen-bond donors (Lipinski definition) is 3. The third kappa shape index (κ3) is 3.88. The average molecular weight is 454 g/mol. The lowest BCUT2D eigenvalue weighted by Gasteiger charge is -2.44. The van der Waals surface area contributed by atoms with Crippen molar-refractivity contribution in [3.8, 4) is 11.5 Å². The highest BCUT2D eigenvalue weighted by Crippen LogP contribution is 2.44. The number of hydrogen-bond acceptors (Lipinski definition) is 5. The molecule has 8 heteroatoms. The average Bonchev–Trinajstić information content (AvgIpc) is 2.82. The fourth-order valence-corrected chi connectivity index (χ4v) is 4.87. The molecule has 1 aliphatic carbocycles. The van der Waals surface area contributed by atoms with Crippen LogP contribution in [0.25, 0.3) is 0 Å². The van der Waals surface area contributed by atoms with E-state index in [1.165, 1.54) is 14.2 Å². The number of ether oxygens (including phenoxy) is 2. The Bertz CT molecular complexity index is 1060. The van der Waals surface area contributed by atoms with Crippen LogP contribution in [0.2, 0.25) is 0 Å². The Morgan fingerprint density at radius 3 is 2.64 bits per heavy atom. The molecule has 0 aromatic heterocycles. The van der Waals surface area contributed by atoms with Crippen LogP contribution in [0.4, 0.5) is 16.2 Å². The van der Waals surface area contributed by atoms with Gasteiger partial charge in [-0.15, -0.1) is 0 Å². The molecule has 0 unspecified atom stereocenters. The first-order chi connectivity index (χ1) is 15.8. The second-order valence-corrected chi connectivity index (χ2v) is 8.87. The molecule has 2 aromatic carbocycles. The van der Waals surface area contributed by atoms with Crippen molar-refractivity contribution >= 4 is 23.3 Å². The lowest BCUT2D eigenvalue weighted by molar-refractivity contribution is -0.141. The summed E-state index contributed by atoms with van der Waals surface area (Å²) in [5.41, 5.74) is -1.36. The van der Waals surface area contributed by atoms with Gasteiger partial charge in [0.2, 0.25) is 0 Å². The van der Waals surface area contributed by atoms with E-state index in [-0.39, 0.29) is 29.0 Å². The zero-order valence-electron chi connectivity index (χ0n) is 19.4. The van der Waals surface area contributed by atoms with E-state index in [1.807, 2.05) is 0 Å². The number of amides is 3. The summed E-state index contributed by atoms with van der Waals surface area (Å²) >= 11 is 0. The van der Waals surface area contributed by atoms with Crippen LogP contribution in [0.5, 0.6) is 11.5 Å². The molecule has 1 aliphatic heterocycles. The topological polar surface area (TPSA) is 100 Å². The van der Waals surface area contributed by atoms with E-state index >= 15 is 0 Å². The minimum atomic E-state index is -2.28. The lowest BCUT2D eigenvalue weighted by Crippen LogP contribution is -2.64. The van der Waals surface area contributed by atoms with Crippen LogP contribution < -0.4 is 25.0 Å². The van der Waals surface area contributed by atoms with E-state index in [4.69, 9.17) is 9.47 Å². The van der Waals surface area contributed by atoms with Gasteiger partial charge >= 0.3 is 6.03 Å². The molecule has 8 nitrogen and oxygen atoms in total. The van der Waals surface area contributed by atoms with Gasteiger partial charge < -0.3 is 25.2 Å². The molecule has 0 spiro atoms. The quantitative estimate of drug-likeness (QED) is 0.639. The molecule has 1 heterocycles. The molecule has 0 saturated heterocycles. The normalized spacial score (nSPS) is 26.8. The Hall–Kier alpha value is -3.26. The Balaban J connectivity index is 1.82. The van der Waals surface area contributed by atoms with E-state index in [2.05, 4.69) is 24.5 Å². The smallest absolute Gasteiger partial charge is 0.329 e. The number of carbonyl (C=O) groups is 2. The predicted octanol–water partition coefficient (Wildman–Crippen LogP) is 3.84. The molecule has 3 amide bonds. The number of urea groups is 1. The largest absolute Gasteiger partial charge is 0.497 e. The van der Waals surface area contributed by atoms with Gasteiger partial charge in [-0.25, -0.2) is 9.69 Å². The second-order valence-electron chi connectivity index (χ2n) is 8.87. The van der Waals surface area contributed by atoms with Crippen LogP contribution in [0.3, 0.4) is 0 Å². The van der Waals surface area contributed by atoms with Crippen molar-refractivity contribution in [2.24, 2.45) is 11.8 Å². The van der Waals surface area contributed by atoms with Crippen molar-refractivity contribution < 1.29 is 24.2 Å². The number of aliphatic hydroxyl groups is 1. The summed E-state index contributed by atoms with van der Waals surface area (Å²) < 4.78 is 10.8. The Labute approximate surface area is 193 Å². The molecular weight excluding hydrogens is 422 g/mol. The number of methoxy groups -OCH3 is 2. The summed E-state index contributed by atoms with van der Waals surface area (Å²) in [6.45, 7) is 4.29. The summed E-state index contributed by atoms with van der Waals surface area (Å²) in [5, 5.41) is 17.9. The predicted molar refractivity (Wildman–Crippen MR) is 125 cm³/mol. The molecule has 3 N–H and O–H groups in total. The highest BCUT2D eigenvalue weighted by atomic mass is 16.5. The molecule has 0 bridgehead atoms. The molecule has 4 rings (SSSR count). The first kappa shape index (κ1) is 22.9. The Morgan fingerprint density at radius 2 is 1.91 bits per heavy atom. The maximum atomic E-state index is 13.8. The molecule has 1 saturated carbocycles. The van der Waals surface area contributed by atoms with Gasteiger partial charge in [-0.05, 0) is 36.5 Å². The number of fused-ring (bicyclic) bond motifs is 1. The van der Waals surface area contributed by atoms with E-state index < -0.39 is 17.7 Å². The van der Waals surface area contributed by atoms with Crippen LogP contribution in [-0.2, 0) is 10.5 Å². The van der Waals surface area contributed by atoms with Gasteiger partial charge in [-0.1, -0.05) is 44.9 Å². The molecular formula is C25H31N3O5. The Kier molecular flexibility index (Phi) is 6.21. The lowest BCUT2D eigenvalue weighted by atomic mass is 9.78. The fraction of sp³-hybridized carbons (Fsp3) is 0.440. The first-order valence-electron chi connectivity index (χ1n) is 11.3. The Morgan fingerprint density at radius 1 is 1.15 bits per heavy atom. The van der Waals surface area contributed by atoms with Crippen molar-refractivity contribution in [2.75, 3.05) is 24.4 Å². The summed E-state index contributed by atoms with van der Waals surface area (Å²) in [6, 6.07) is 10.9. The number of para-hydroxylation sites is 1. The van der Waals surface area contributed by atoms with Crippen molar-refractivity contribution in [1.29, 1.82) is 0 Å². The van der Waals surface area contributed by atoms with Gasteiger partial charge in [0.1, 0.15) is 11.5 Å². The zero-order valence-corrected chi connectivity index (χ0v) is 19.4. The minimum absolute atomic E-state index is 0.0953. The van der Waals surface area contributed by atoms with Crippen molar-refractivity contribution in [1.82, 2.24) is 5.32 Å². The summed E-state index contributed by atoms with van der Waals surface area (Å²) in [7, 11) is 2.98. The fourth-order valence-electron chi connectivity index (χ4n) is 4.87. The van der Waals surface area contributed by atoms with Crippen LogP contribution in [0.1, 0.15) is 38.7 Å². The standard InChI is InChI=1S/C25H31N3O5/c1-15-8-7-11-19(16(15)2)26-23(29)25(31)18-9-5-6-10-20(18)27-24(30)28(25)21-13-12-17(32-3)14-22(21)33-4/h5-6,9-10,12-16,19,31H,7-8,11H2,1-4H3,(H,26,29)(H,27,30)/t15-,16+,19+,25-/m1/s1. The van der Waals surface area contributed by atoms with Crippen LogP contribution in [0, 0.1) is 11.8 Å². The highest BCUT2D eigenvalue weighted by molar-refractivity contribution is 6.12. The third-order valence-electron chi connectivity index (χ3n) is 7.04. The number of carbonyl (C=O) groups excluding carboxylic acids is 2. The molecule has 2 aliphatic rings. The summed E-state index contributed by atoms with van der Waals surface area (Å²) in [5.74, 6) is 0.871. The van der Waals surface area contributed by atoms with Crippen molar-refractivity contribution in [3.05, 3.63) is 48.0 Å².